The molecule has 1 aromatic carbocycles. The van der Waals surface area contributed by atoms with Crippen LogP contribution in [0.2, 0.25) is 0 Å². The number of likely N-dealkylation sites (tertiary alicyclic amines) is 1. The van der Waals surface area contributed by atoms with Crippen LogP contribution in [0.1, 0.15) is 25.3 Å². The first kappa shape index (κ1) is 16.3. The van der Waals surface area contributed by atoms with Crippen LogP contribution in [0.25, 0.3) is 0 Å². The van der Waals surface area contributed by atoms with E-state index in [9.17, 15) is 9.59 Å². The standard InChI is InChI=1S/C17H24N2O3/c1-12(10-13-6-4-5-7-15(13)22-3)18-17(21)14-8-9-19(2)16(20)11-14/h4-7,12,14H,8-11H2,1-3H3,(H,18,21)/t12-,14-/m0/s1. The van der Waals surface area contributed by atoms with Gasteiger partial charge in [0.2, 0.25) is 11.8 Å². The van der Waals surface area contributed by atoms with Gasteiger partial charge < -0.3 is 15.0 Å². The summed E-state index contributed by atoms with van der Waals surface area (Å²) in [4.78, 5) is 25.7. The quantitative estimate of drug-likeness (QED) is 0.899. The molecule has 0 radical (unpaired) electrons. The zero-order valence-corrected chi connectivity index (χ0v) is 13.5. The Morgan fingerprint density at radius 1 is 1.45 bits per heavy atom. The number of nitrogens with zero attached hydrogens (tertiary/aromatic N) is 1. The van der Waals surface area contributed by atoms with Crippen molar-refractivity contribution in [3.63, 3.8) is 0 Å². The maximum atomic E-state index is 12.3. The van der Waals surface area contributed by atoms with Gasteiger partial charge in [-0.2, -0.15) is 0 Å². The van der Waals surface area contributed by atoms with Crippen LogP contribution in [0, 0.1) is 5.92 Å². The van der Waals surface area contributed by atoms with Crippen molar-refractivity contribution in [2.45, 2.75) is 32.2 Å². The third kappa shape index (κ3) is 4.00. The summed E-state index contributed by atoms with van der Waals surface area (Å²) in [6, 6.07) is 7.80. The molecule has 1 aromatic rings. The highest BCUT2D eigenvalue weighted by Crippen LogP contribution is 2.20. The number of piperidine rings is 1. The van der Waals surface area contributed by atoms with E-state index in [1.165, 1.54) is 0 Å². The predicted octanol–water partition coefficient (Wildman–Crippen LogP) is 1.61. The molecule has 2 rings (SSSR count). The lowest BCUT2D eigenvalue weighted by Gasteiger charge is -2.29. The zero-order valence-electron chi connectivity index (χ0n) is 13.5. The summed E-state index contributed by atoms with van der Waals surface area (Å²) >= 11 is 0. The van der Waals surface area contributed by atoms with Crippen LogP contribution in [0.3, 0.4) is 0 Å². The second-order valence-electron chi connectivity index (χ2n) is 5.93. The monoisotopic (exact) mass is 304 g/mol. The molecule has 1 heterocycles. The van der Waals surface area contributed by atoms with Gasteiger partial charge in [-0.3, -0.25) is 9.59 Å². The summed E-state index contributed by atoms with van der Waals surface area (Å²) in [5.41, 5.74) is 1.07. The third-order valence-electron chi connectivity index (χ3n) is 4.14. The van der Waals surface area contributed by atoms with Gasteiger partial charge in [-0.15, -0.1) is 0 Å². The number of carbonyl (C=O) groups is 2. The molecule has 1 N–H and O–H groups in total. The Kier molecular flexibility index (Phi) is 5.41. The maximum Gasteiger partial charge on any atom is 0.223 e. The molecule has 5 nitrogen and oxygen atoms in total. The molecule has 0 spiro atoms. The Bertz CT molecular complexity index is 544. The van der Waals surface area contributed by atoms with Crippen molar-refractivity contribution in [2.75, 3.05) is 20.7 Å². The fourth-order valence-electron chi connectivity index (χ4n) is 2.78. The minimum atomic E-state index is -0.205. The summed E-state index contributed by atoms with van der Waals surface area (Å²) in [6.45, 7) is 2.62. The van der Waals surface area contributed by atoms with Crippen molar-refractivity contribution in [2.24, 2.45) is 5.92 Å². The second-order valence-corrected chi connectivity index (χ2v) is 5.93. The van der Waals surface area contributed by atoms with Gasteiger partial charge in [0.1, 0.15) is 5.75 Å². The minimum Gasteiger partial charge on any atom is -0.496 e. The first-order valence-corrected chi connectivity index (χ1v) is 7.67. The molecular formula is C17H24N2O3. The number of hydrogen-bond acceptors (Lipinski definition) is 3. The lowest BCUT2D eigenvalue weighted by atomic mass is 9.95. The van der Waals surface area contributed by atoms with Crippen LogP contribution in [0.5, 0.6) is 5.75 Å². The Morgan fingerprint density at radius 3 is 2.86 bits per heavy atom. The van der Waals surface area contributed by atoms with Crippen molar-refractivity contribution < 1.29 is 14.3 Å². The number of rotatable bonds is 5. The maximum absolute atomic E-state index is 12.3. The molecule has 0 unspecified atom stereocenters. The van der Waals surface area contributed by atoms with Gasteiger partial charge >= 0.3 is 0 Å². The van der Waals surface area contributed by atoms with Gasteiger partial charge in [-0.25, -0.2) is 0 Å². The summed E-state index contributed by atoms with van der Waals surface area (Å²) in [7, 11) is 3.42. The van der Waals surface area contributed by atoms with E-state index >= 15 is 0 Å². The lowest BCUT2D eigenvalue weighted by Crippen LogP contribution is -2.44. The van der Waals surface area contributed by atoms with E-state index in [-0.39, 0.29) is 23.8 Å². The lowest BCUT2D eigenvalue weighted by molar-refractivity contribution is -0.139. The summed E-state index contributed by atoms with van der Waals surface area (Å²) in [6.07, 6.45) is 1.75. The minimum absolute atomic E-state index is 0.00134. The van der Waals surface area contributed by atoms with Crippen LogP contribution in [0.4, 0.5) is 0 Å². The van der Waals surface area contributed by atoms with Gasteiger partial charge in [-0.1, -0.05) is 18.2 Å². The molecule has 0 saturated carbocycles. The third-order valence-corrected chi connectivity index (χ3v) is 4.14. The first-order chi connectivity index (χ1) is 10.5. The number of benzene rings is 1. The Labute approximate surface area is 131 Å². The topological polar surface area (TPSA) is 58.6 Å². The molecule has 120 valence electrons. The predicted molar refractivity (Wildman–Crippen MR) is 84.7 cm³/mol. The van der Waals surface area contributed by atoms with Crippen LogP contribution in [-0.4, -0.2) is 43.5 Å². The molecule has 22 heavy (non-hydrogen) atoms. The van der Waals surface area contributed by atoms with E-state index in [1.807, 2.05) is 31.2 Å². The number of para-hydroxylation sites is 1. The van der Waals surface area contributed by atoms with Crippen molar-refractivity contribution in [1.29, 1.82) is 0 Å². The number of nitrogens with one attached hydrogen (secondary N) is 1. The summed E-state index contributed by atoms with van der Waals surface area (Å²) < 4.78 is 5.33. The molecule has 1 aliphatic rings. The van der Waals surface area contributed by atoms with E-state index in [0.29, 0.717) is 19.4 Å². The van der Waals surface area contributed by atoms with Crippen molar-refractivity contribution in [1.82, 2.24) is 10.2 Å². The molecular weight excluding hydrogens is 280 g/mol. The van der Waals surface area contributed by atoms with E-state index in [1.54, 1.807) is 19.1 Å². The van der Waals surface area contributed by atoms with Crippen molar-refractivity contribution in [3.05, 3.63) is 29.8 Å². The molecule has 2 amide bonds. The average Bonchev–Trinajstić information content (AvgIpc) is 2.50. The van der Waals surface area contributed by atoms with Crippen molar-refractivity contribution >= 4 is 11.8 Å². The number of ether oxygens (including phenoxy) is 1. The van der Waals surface area contributed by atoms with Gasteiger partial charge in [-0.05, 0) is 31.4 Å². The smallest absolute Gasteiger partial charge is 0.223 e. The van der Waals surface area contributed by atoms with Gasteiger partial charge in [0.05, 0.1) is 7.11 Å². The Morgan fingerprint density at radius 2 is 2.18 bits per heavy atom. The largest absolute Gasteiger partial charge is 0.496 e. The van der Waals surface area contributed by atoms with Gasteiger partial charge in [0.15, 0.2) is 0 Å². The molecule has 1 fully saturated rings. The van der Waals surface area contributed by atoms with Gasteiger partial charge in [0.25, 0.3) is 0 Å². The molecule has 1 saturated heterocycles. The van der Waals surface area contributed by atoms with Crippen LogP contribution in [0.15, 0.2) is 24.3 Å². The molecule has 1 aliphatic heterocycles. The van der Waals surface area contributed by atoms with Crippen LogP contribution >= 0.6 is 0 Å². The molecule has 0 aromatic heterocycles. The highest BCUT2D eigenvalue weighted by atomic mass is 16.5. The average molecular weight is 304 g/mol. The Hall–Kier alpha value is -2.04. The number of hydrogen-bond donors (Lipinski definition) is 1. The van der Waals surface area contributed by atoms with E-state index in [0.717, 1.165) is 17.7 Å². The SMILES string of the molecule is COc1ccccc1C[C@H](C)NC(=O)[C@H]1CCN(C)C(=O)C1. The number of carbonyl (C=O) groups excluding carboxylic acids is 2. The summed E-state index contributed by atoms with van der Waals surface area (Å²) in [5.74, 6) is 0.648. The highest BCUT2D eigenvalue weighted by molar-refractivity contribution is 5.86. The van der Waals surface area contributed by atoms with E-state index < -0.39 is 0 Å². The fourth-order valence-corrected chi connectivity index (χ4v) is 2.78. The molecule has 2 atom stereocenters. The summed E-state index contributed by atoms with van der Waals surface area (Å²) in [5, 5.41) is 3.02. The molecule has 5 heteroatoms. The van der Waals surface area contributed by atoms with E-state index in [2.05, 4.69) is 5.32 Å². The molecule has 0 aliphatic carbocycles. The zero-order chi connectivity index (χ0) is 16.1. The van der Waals surface area contributed by atoms with Crippen LogP contribution in [-0.2, 0) is 16.0 Å². The Balaban J connectivity index is 1.90. The van der Waals surface area contributed by atoms with E-state index in [4.69, 9.17) is 4.74 Å². The fraction of sp³-hybridized carbons (Fsp3) is 0.529. The second kappa shape index (κ2) is 7.29. The number of amides is 2. The normalized spacial score (nSPS) is 19.7. The molecule has 0 bridgehead atoms. The number of methoxy groups -OCH3 is 1. The van der Waals surface area contributed by atoms with Crippen molar-refractivity contribution in [3.8, 4) is 5.75 Å². The first-order valence-electron chi connectivity index (χ1n) is 7.67. The van der Waals surface area contributed by atoms with Crippen LogP contribution < -0.4 is 10.1 Å². The van der Waals surface area contributed by atoms with Gasteiger partial charge in [0, 0.05) is 32.0 Å². The highest BCUT2D eigenvalue weighted by Gasteiger charge is 2.29.